The van der Waals surface area contributed by atoms with E-state index in [1.54, 1.807) is 13.4 Å². The Hall–Kier alpha value is -2.23. The van der Waals surface area contributed by atoms with Gasteiger partial charge >= 0.3 is 0 Å². The number of ether oxygens (including phenoxy) is 1. The molecule has 0 radical (unpaired) electrons. The molecule has 3 rings (SSSR count). The van der Waals surface area contributed by atoms with E-state index < -0.39 is 0 Å². The topological polar surface area (TPSA) is 42.7 Å². The van der Waals surface area contributed by atoms with Crippen LogP contribution in [0.25, 0.3) is 0 Å². The Morgan fingerprint density at radius 3 is 2.77 bits per heavy atom. The van der Waals surface area contributed by atoms with Crippen molar-refractivity contribution in [1.82, 2.24) is 4.90 Å². The van der Waals surface area contributed by atoms with Crippen LogP contribution in [-0.2, 0) is 4.79 Å². The molecule has 22 heavy (non-hydrogen) atoms. The van der Waals surface area contributed by atoms with E-state index >= 15 is 0 Å². The highest BCUT2D eigenvalue weighted by molar-refractivity contribution is 5.83. The lowest BCUT2D eigenvalue weighted by molar-refractivity contribution is -0.133. The first kappa shape index (κ1) is 14.7. The van der Waals surface area contributed by atoms with Crippen LogP contribution in [0, 0.1) is 5.92 Å². The number of nitrogens with zero attached hydrogens (tertiary/aromatic N) is 1. The molecule has 2 aromatic rings. The summed E-state index contributed by atoms with van der Waals surface area (Å²) in [6, 6.07) is 11.6. The molecule has 0 spiro atoms. The maximum Gasteiger partial charge on any atom is 0.226 e. The zero-order valence-electron chi connectivity index (χ0n) is 13.2. The van der Waals surface area contributed by atoms with Gasteiger partial charge in [-0.15, -0.1) is 0 Å². The molecule has 0 aliphatic heterocycles. The number of furan rings is 1. The third-order valence-corrected chi connectivity index (χ3v) is 4.53. The van der Waals surface area contributed by atoms with Crippen molar-refractivity contribution < 1.29 is 13.9 Å². The van der Waals surface area contributed by atoms with Crippen molar-refractivity contribution in [2.24, 2.45) is 5.92 Å². The van der Waals surface area contributed by atoms with Crippen molar-refractivity contribution in [1.29, 1.82) is 0 Å². The minimum absolute atomic E-state index is 0.0264. The maximum absolute atomic E-state index is 12.7. The summed E-state index contributed by atoms with van der Waals surface area (Å²) < 4.78 is 10.8. The lowest BCUT2D eigenvalue weighted by Gasteiger charge is -2.26. The number of hydrogen-bond donors (Lipinski definition) is 0. The summed E-state index contributed by atoms with van der Waals surface area (Å²) >= 11 is 0. The fraction of sp³-hybridized carbons (Fsp3) is 0.389. The number of benzene rings is 1. The highest BCUT2D eigenvalue weighted by atomic mass is 16.5. The first-order valence-electron chi connectivity index (χ1n) is 7.56. The average Bonchev–Trinajstić information content (AvgIpc) is 3.17. The number of carbonyl (C=O) groups is 1. The molecule has 3 unspecified atom stereocenters. The molecule has 1 fully saturated rings. The van der Waals surface area contributed by atoms with Gasteiger partial charge in [-0.05, 0) is 31.5 Å². The Morgan fingerprint density at radius 1 is 1.32 bits per heavy atom. The molecule has 0 bridgehead atoms. The van der Waals surface area contributed by atoms with Crippen molar-refractivity contribution in [3.05, 3.63) is 54.0 Å². The highest BCUT2D eigenvalue weighted by Crippen LogP contribution is 2.49. The molecular weight excluding hydrogens is 278 g/mol. The molecule has 1 aliphatic rings. The quantitative estimate of drug-likeness (QED) is 0.847. The molecule has 0 N–H and O–H groups in total. The van der Waals surface area contributed by atoms with Crippen molar-refractivity contribution in [3.63, 3.8) is 0 Å². The first-order valence-corrected chi connectivity index (χ1v) is 7.56. The number of amides is 1. The van der Waals surface area contributed by atoms with Gasteiger partial charge in [0.05, 0.1) is 19.4 Å². The molecule has 0 saturated heterocycles. The monoisotopic (exact) mass is 299 g/mol. The van der Waals surface area contributed by atoms with Crippen LogP contribution in [0.1, 0.15) is 36.6 Å². The van der Waals surface area contributed by atoms with Crippen LogP contribution >= 0.6 is 0 Å². The van der Waals surface area contributed by atoms with E-state index in [9.17, 15) is 4.79 Å². The van der Waals surface area contributed by atoms with E-state index in [-0.39, 0.29) is 23.8 Å². The van der Waals surface area contributed by atoms with Gasteiger partial charge in [0.1, 0.15) is 11.5 Å². The van der Waals surface area contributed by atoms with Crippen LogP contribution in [0.15, 0.2) is 47.1 Å². The predicted molar refractivity (Wildman–Crippen MR) is 83.7 cm³/mol. The molecule has 1 saturated carbocycles. The number of rotatable bonds is 5. The van der Waals surface area contributed by atoms with E-state index in [1.807, 2.05) is 55.3 Å². The molecule has 3 atom stereocenters. The van der Waals surface area contributed by atoms with Gasteiger partial charge in [0.15, 0.2) is 0 Å². The Morgan fingerprint density at radius 2 is 2.09 bits per heavy atom. The van der Waals surface area contributed by atoms with E-state index in [1.165, 1.54) is 0 Å². The fourth-order valence-corrected chi connectivity index (χ4v) is 2.96. The molecule has 116 valence electrons. The summed E-state index contributed by atoms with van der Waals surface area (Å²) in [5.74, 6) is 2.16. The number of carbonyl (C=O) groups excluding carboxylic acids is 1. The van der Waals surface area contributed by atoms with Crippen molar-refractivity contribution in [3.8, 4) is 5.75 Å². The molecule has 1 heterocycles. The van der Waals surface area contributed by atoms with Gasteiger partial charge in [-0.3, -0.25) is 4.79 Å². The normalized spacial score (nSPS) is 21.2. The van der Waals surface area contributed by atoms with E-state index in [0.717, 1.165) is 23.5 Å². The van der Waals surface area contributed by atoms with Crippen molar-refractivity contribution in [2.75, 3.05) is 14.2 Å². The van der Waals surface area contributed by atoms with Gasteiger partial charge in [0.25, 0.3) is 0 Å². The Kier molecular flexibility index (Phi) is 3.92. The summed E-state index contributed by atoms with van der Waals surface area (Å²) in [7, 11) is 3.51. The summed E-state index contributed by atoms with van der Waals surface area (Å²) in [5, 5.41) is 0. The standard InChI is InChI=1S/C18H21NO3/c1-12(13-7-4-5-8-16(13)21-3)19(2)18(20)15-11-14(15)17-9-6-10-22-17/h4-10,12,14-15H,11H2,1-3H3. The average molecular weight is 299 g/mol. The molecular formula is C18H21NO3. The summed E-state index contributed by atoms with van der Waals surface area (Å²) in [6.07, 6.45) is 2.53. The van der Waals surface area contributed by atoms with Crippen LogP contribution in [0.5, 0.6) is 5.75 Å². The predicted octanol–water partition coefficient (Wildman–Crippen LogP) is 3.61. The third kappa shape index (κ3) is 2.61. The molecule has 4 nitrogen and oxygen atoms in total. The van der Waals surface area contributed by atoms with Crippen molar-refractivity contribution in [2.45, 2.75) is 25.3 Å². The minimum Gasteiger partial charge on any atom is -0.496 e. The Bertz CT molecular complexity index is 650. The van der Waals surface area contributed by atoms with E-state index in [2.05, 4.69) is 0 Å². The first-order chi connectivity index (χ1) is 10.6. The molecule has 1 amide bonds. The molecule has 4 heteroatoms. The number of methoxy groups -OCH3 is 1. The Balaban J connectivity index is 1.71. The third-order valence-electron chi connectivity index (χ3n) is 4.53. The van der Waals surface area contributed by atoms with E-state index in [0.29, 0.717) is 0 Å². The smallest absolute Gasteiger partial charge is 0.226 e. The van der Waals surface area contributed by atoms with Gasteiger partial charge in [-0.2, -0.15) is 0 Å². The van der Waals surface area contributed by atoms with Crippen molar-refractivity contribution >= 4 is 5.91 Å². The van der Waals surface area contributed by atoms with E-state index in [4.69, 9.17) is 9.15 Å². The summed E-state index contributed by atoms with van der Waals surface area (Å²) in [6.45, 7) is 2.03. The molecule has 1 aromatic heterocycles. The van der Waals surface area contributed by atoms with Crippen LogP contribution in [0.4, 0.5) is 0 Å². The van der Waals surface area contributed by atoms with Crippen LogP contribution in [0.3, 0.4) is 0 Å². The second-order valence-corrected chi connectivity index (χ2v) is 5.83. The van der Waals surface area contributed by atoms with Gasteiger partial charge < -0.3 is 14.1 Å². The van der Waals surface area contributed by atoms with Crippen LogP contribution in [0.2, 0.25) is 0 Å². The zero-order chi connectivity index (χ0) is 15.7. The lowest BCUT2D eigenvalue weighted by atomic mass is 10.1. The second-order valence-electron chi connectivity index (χ2n) is 5.83. The molecule has 1 aliphatic carbocycles. The highest BCUT2D eigenvalue weighted by Gasteiger charge is 2.47. The van der Waals surface area contributed by atoms with Gasteiger partial charge in [-0.25, -0.2) is 0 Å². The van der Waals surface area contributed by atoms with Gasteiger partial charge in [-0.1, -0.05) is 18.2 Å². The SMILES string of the molecule is COc1ccccc1C(C)N(C)C(=O)C1CC1c1ccco1. The second kappa shape index (κ2) is 5.87. The minimum atomic E-state index is -0.0264. The zero-order valence-corrected chi connectivity index (χ0v) is 13.2. The van der Waals surface area contributed by atoms with Gasteiger partial charge in [0.2, 0.25) is 5.91 Å². The Labute approximate surface area is 130 Å². The fourth-order valence-electron chi connectivity index (χ4n) is 2.96. The lowest BCUT2D eigenvalue weighted by Crippen LogP contribution is -2.31. The molecule has 1 aromatic carbocycles. The van der Waals surface area contributed by atoms with Gasteiger partial charge in [0, 0.05) is 24.4 Å². The summed E-state index contributed by atoms with van der Waals surface area (Å²) in [4.78, 5) is 14.5. The number of para-hydroxylation sites is 1. The summed E-state index contributed by atoms with van der Waals surface area (Å²) in [5.41, 5.74) is 1.02. The maximum atomic E-state index is 12.7. The van der Waals surface area contributed by atoms with Crippen LogP contribution in [-0.4, -0.2) is 25.0 Å². The largest absolute Gasteiger partial charge is 0.496 e. The number of hydrogen-bond acceptors (Lipinski definition) is 3. The van der Waals surface area contributed by atoms with Crippen LogP contribution < -0.4 is 4.74 Å².